The molecule has 300 valence electrons. The molecule has 54 heavy (non-hydrogen) atoms. The Hall–Kier alpha value is -6.13. The van der Waals surface area contributed by atoms with Crippen molar-refractivity contribution in [3.05, 3.63) is 18.2 Å². The number of hydrogen-bond donors (Lipinski definition) is 12. The first-order valence-electron chi connectivity index (χ1n) is 16.8. The molecule has 10 amide bonds. The van der Waals surface area contributed by atoms with Gasteiger partial charge >= 0.3 is 0 Å². The molecule has 0 unspecified atom stereocenters. The van der Waals surface area contributed by atoms with Crippen LogP contribution in [0.5, 0.6) is 0 Å². The van der Waals surface area contributed by atoms with Crippen molar-refractivity contribution in [3.8, 4) is 0 Å². The highest BCUT2D eigenvalue weighted by atomic mass is 16.2. The van der Waals surface area contributed by atoms with E-state index in [4.69, 9.17) is 28.7 Å². The number of hydrogen-bond acceptors (Lipinski definition) is 12. The molecule has 0 saturated carbocycles. The fourth-order valence-corrected chi connectivity index (χ4v) is 4.67. The first-order valence-corrected chi connectivity index (χ1v) is 16.8. The zero-order chi connectivity index (χ0) is 41.3. The van der Waals surface area contributed by atoms with Gasteiger partial charge in [-0.2, -0.15) is 0 Å². The van der Waals surface area contributed by atoms with E-state index < -0.39 is 114 Å². The van der Waals surface area contributed by atoms with Crippen LogP contribution in [0, 0.1) is 5.92 Å². The summed E-state index contributed by atoms with van der Waals surface area (Å²) in [4.78, 5) is 131. The summed E-state index contributed by atoms with van der Waals surface area (Å²) in [6, 6.07) is -9.19. The molecule has 1 aromatic rings. The van der Waals surface area contributed by atoms with Crippen LogP contribution < -0.4 is 60.6 Å². The van der Waals surface area contributed by atoms with E-state index in [0.29, 0.717) is 5.69 Å². The molecule has 0 radical (unpaired) electrons. The van der Waals surface area contributed by atoms with E-state index >= 15 is 0 Å². The first kappa shape index (κ1) is 45.9. The molecule has 0 saturated heterocycles. The summed E-state index contributed by atoms with van der Waals surface area (Å²) >= 11 is 0. The maximum atomic E-state index is 13.3. The lowest BCUT2D eigenvalue weighted by Crippen LogP contribution is -2.60. The fourth-order valence-electron chi connectivity index (χ4n) is 4.67. The number of primary amides is 4. The summed E-state index contributed by atoms with van der Waals surface area (Å²) < 4.78 is 0. The normalized spacial score (nSPS) is 14.8. The largest absolute Gasteiger partial charge is 0.370 e. The van der Waals surface area contributed by atoms with Gasteiger partial charge in [0.15, 0.2) is 0 Å². The summed E-state index contributed by atoms with van der Waals surface area (Å²) in [6.07, 6.45) is 1.05. The molecule has 17 N–H and O–H groups in total. The van der Waals surface area contributed by atoms with E-state index in [2.05, 4.69) is 41.9 Å². The van der Waals surface area contributed by atoms with E-state index in [1.165, 1.54) is 26.4 Å². The van der Waals surface area contributed by atoms with Gasteiger partial charge in [0.05, 0.1) is 18.8 Å². The SMILES string of the molecule is CC(C)[C@H](NC(=O)[C@H](CCC(N)=O)NC(=O)[C@@H](N)CC(N)=O)C(=O)N[C@@H](C)C(=O)N[C@@H](C)C(=O)N[C@@H](Cc1cnc[nH]1)C(=O)N[C@@H](CCC(N)=O)C(N)=O. The Morgan fingerprint density at radius 2 is 1.09 bits per heavy atom. The minimum absolute atomic E-state index is 0.123. The molecule has 1 heterocycles. The van der Waals surface area contributed by atoms with Gasteiger partial charge in [-0.15, -0.1) is 0 Å². The third kappa shape index (κ3) is 16.5. The highest BCUT2D eigenvalue weighted by Gasteiger charge is 2.33. The molecule has 0 spiro atoms. The molecule has 0 aliphatic carbocycles. The van der Waals surface area contributed by atoms with Gasteiger partial charge in [0.25, 0.3) is 0 Å². The van der Waals surface area contributed by atoms with Crippen LogP contribution in [0.3, 0.4) is 0 Å². The predicted octanol–water partition coefficient (Wildman–Crippen LogP) is -6.22. The van der Waals surface area contributed by atoms with Gasteiger partial charge in [-0.05, 0) is 32.6 Å². The van der Waals surface area contributed by atoms with Crippen molar-refractivity contribution in [2.45, 2.75) is 109 Å². The van der Waals surface area contributed by atoms with Gasteiger partial charge in [-0.25, -0.2) is 4.98 Å². The second kappa shape index (κ2) is 22.1. The van der Waals surface area contributed by atoms with E-state index in [0.717, 1.165) is 0 Å². The van der Waals surface area contributed by atoms with Crippen molar-refractivity contribution < 1.29 is 47.9 Å². The zero-order valence-electron chi connectivity index (χ0n) is 30.4. The van der Waals surface area contributed by atoms with Crippen LogP contribution in [0.25, 0.3) is 0 Å². The van der Waals surface area contributed by atoms with Gasteiger partial charge in [0, 0.05) is 31.2 Å². The summed E-state index contributed by atoms with van der Waals surface area (Å²) in [5.41, 5.74) is 26.8. The van der Waals surface area contributed by atoms with Gasteiger partial charge in [-0.3, -0.25) is 47.9 Å². The van der Waals surface area contributed by atoms with Crippen molar-refractivity contribution >= 4 is 59.1 Å². The van der Waals surface area contributed by atoms with Gasteiger partial charge in [0.1, 0.15) is 36.3 Å². The van der Waals surface area contributed by atoms with Gasteiger partial charge < -0.3 is 65.6 Å². The minimum Gasteiger partial charge on any atom is -0.370 e. The average Bonchev–Trinajstić information content (AvgIpc) is 3.58. The lowest BCUT2D eigenvalue weighted by molar-refractivity contribution is -0.135. The standard InChI is InChI=1S/C31H51N13O10/c1-13(2)24(44-29(52)19(6-8-22(34)46)42-28(51)17(32)10-23(35)47)31(54)40-14(3)26(49)39-15(4)27(50)43-20(9-16-11-37-12-38-16)30(53)41-18(25(36)48)5-7-21(33)45/h11-15,17-20,24H,5-10,32H2,1-4H3,(H2,33,45)(H2,34,46)(H2,35,47)(H2,36,48)(H,37,38)(H,39,49)(H,40,54)(H,41,53)(H,42,51)(H,43,50)(H,44,52)/t14-,15-,17-,18-,19-,20-,24-/m0/s1. The maximum Gasteiger partial charge on any atom is 0.243 e. The molecule has 0 fully saturated rings. The number of nitrogens with one attached hydrogen (secondary N) is 7. The molecule has 0 aromatic carbocycles. The number of rotatable bonds is 24. The van der Waals surface area contributed by atoms with E-state index in [1.807, 2.05) is 0 Å². The van der Waals surface area contributed by atoms with E-state index in [1.54, 1.807) is 13.8 Å². The van der Waals surface area contributed by atoms with Crippen LogP contribution in [-0.2, 0) is 54.4 Å². The molecular formula is C31H51N13O10. The number of nitrogens with two attached hydrogens (primary N) is 5. The maximum absolute atomic E-state index is 13.3. The van der Waals surface area contributed by atoms with Crippen LogP contribution >= 0.6 is 0 Å². The molecule has 7 atom stereocenters. The van der Waals surface area contributed by atoms with Crippen molar-refractivity contribution in [2.75, 3.05) is 0 Å². The van der Waals surface area contributed by atoms with Crippen LogP contribution in [0.2, 0.25) is 0 Å². The smallest absolute Gasteiger partial charge is 0.243 e. The average molecular weight is 766 g/mol. The number of amides is 10. The van der Waals surface area contributed by atoms with Crippen molar-refractivity contribution in [2.24, 2.45) is 34.6 Å². The van der Waals surface area contributed by atoms with Crippen LogP contribution in [0.1, 0.15) is 65.5 Å². The second-order valence-electron chi connectivity index (χ2n) is 12.8. The number of H-pyrrole nitrogens is 1. The number of carbonyl (C=O) groups is 10. The number of nitrogens with zero attached hydrogens (tertiary/aromatic N) is 1. The van der Waals surface area contributed by atoms with Crippen LogP contribution in [-0.4, -0.2) is 111 Å². The molecule has 0 aliphatic heterocycles. The lowest BCUT2D eigenvalue weighted by atomic mass is 10.0. The predicted molar refractivity (Wildman–Crippen MR) is 188 cm³/mol. The molecule has 23 heteroatoms. The Morgan fingerprint density at radius 1 is 0.611 bits per heavy atom. The Morgan fingerprint density at radius 3 is 1.57 bits per heavy atom. The molecule has 1 aromatic heterocycles. The van der Waals surface area contributed by atoms with Crippen LogP contribution in [0.4, 0.5) is 0 Å². The Bertz CT molecular complexity index is 1540. The molecule has 23 nitrogen and oxygen atoms in total. The quantitative estimate of drug-likeness (QED) is 0.0468. The fraction of sp³-hybridized carbons (Fsp3) is 0.581. The summed E-state index contributed by atoms with van der Waals surface area (Å²) in [6.45, 7) is 5.78. The van der Waals surface area contributed by atoms with Gasteiger partial charge in [0.2, 0.25) is 59.1 Å². The molecular weight excluding hydrogens is 714 g/mol. The summed E-state index contributed by atoms with van der Waals surface area (Å²) in [7, 11) is 0. The number of aromatic amines is 1. The Labute approximate surface area is 310 Å². The second-order valence-corrected chi connectivity index (χ2v) is 12.8. The number of carbonyl (C=O) groups excluding carboxylic acids is 10. The number of imidazole rings is 1. The van der Waals surface area contributed by atoms with E-state index in [-0.39, 0.29) is 32.1 Å². The van der Waals surface area contributed by atoms with E-state index in [9.17, 15) is 47.9 Å². The van der Waals surface area contributed by atoms with Crippen molar-refractivity contribution in [3.63, 3.8) is 0 Å². The highest BCUT2D eigenvalue weighted by Crippen LogP contribution is 2.07. The van der Waals surface area contributed by atoms with Crippen molar-refractivity contribution in [1.29, 1.82) is 0 Å². The monoisotopic (exact) mass is 765 g/mol. The summed E-state index contributed by atoms with van der Waals surface area (Å²) in [5.74, 6) is -9.02. The zero-order valence-corrected chi connectivity index (χ0v) is 30.4. The molecule has 1 rings (SSSR count). The Kier molecular flexibility index (Phi) is 18.7. The van der Waals surface area contributed by atoms with Crippen LogP contribution in [0.15, 0.2) is 12.5 Å². The highest BCUT2D eigenvalue weighted by molar-refractivity contribution is 5.97. The third-order valence-corrected chi connectivity index (χ3v) is 7.77. The molecule has 0 aliphatic rings. The molecule has 0 bridgehead atoms. The van der Waals surface area contributed by atoms with Crippen molar-refractivity contribution in [1.82, 2.24) is 41.9 Å². The third-order valence-electron chi connectivity index (χ3n) is 7.77. The van der Waals surface area contributed by atoms with Gasteiger partial charge in [-0.1, -0.05) is 13.8 Å². The number of aromatic nitrogens is 2. The lowest BCUT2D eigenvalue weighted by Gasteiger charge is -2.27. The Balaban J connectivity index is 2.99. The summed E-state index contributed by atoms with van der Waals surface area (Å²) in [5, 5.41) is 14.5. The minimum atomic E-state index is -1.40. The first-order chi connectivity index (χ1) is 25.1. The topological polar surface area (TPSA) is 402 Å².